The average molecular weight is 218 g/mol. The molecule has 0 saturated carbocycles. The molecule has 0 aliphatic heterocycles. The maximum absolute atomic E-state index is 10.8. The third-order valence-electron chi connectivity index (χ3n) is 2.24. The van der Waals surface area contributed by atoms with E-state index in [1.165, 1.54) is 7.11 Å². The summed E-state index contributed by atoms with van der Waals surface area (Å²) in [7, 11) is 1.34. The van der Waals surface area contributed by atoms with Crippen LogP contribution >= 0.6 is 0 Å². The van der Waals surface area contributed by atoms with Crippen LogP contribution in [0.3, 0.4) is 0 Å². The van der Waals surface area contributed by atoms with Gasteiger partial charge in [-0.1, -0.05) is 13.8 Å². The van der Waals surface area contributed by atoms with Gasteiger partial charge in [-0.25, -0.2) is 0 Å². The van der Waals surface area contributed by atoms with Gasteiger partial charge in [0, 0.05) is 13.1 Å². The molecule has 0 spiro atoms. The van der Waals surface area contributed by atoms with Crippen molar-refractivity contribution in [3.63, 3.8) is 0 Å². The zero-order chi connectivity index (χ0) is 11.7. The third kappa shape index (κ3) is 7.30. The van der Waals surface area contributed by atoms with Crippen LogP contribution in [0.2, 0.25) is 0 Å². The summed E-state index contributed by atoms with van der Waals surface area (Å²) >= 11 is 0. The molecule has 90 valence electrons. The summed E-state index contributed by atoms with van der Waals surface area (Å²) in [6.07, 6.45) is -0.449. The first-order valence-electron chi connectivity index (χ1n) is 5.31. The molecule has 0 fully saturated rings. The minimum absolute atomic E-state index is 0.145. The van der Waals surface area contributed by atoms with Crippen molar-refractivity contribution in [1.82, 2.24) is 10.2 Å². The number of methoxy groups -OCH3 is 1. The number of hydrogen-bond acceptors (Lipinski definition) is 5. The first-order chi connectivity index (χ1) is 7.13. The van der Waals surface area contributed by atoms with E-state index in [1.54, 1.807) is 0 Å². The highest BCUT2D eigenvalue weighted by molar-refractivity contribution is 5.71. The van der Waals surface area contributed by atoms with Gasteiger partial charge < -0.3 is 20.1 Å². The van der Waals surface area contributed by atoms with Gasteiger partial charge in [0.05, 0.1) is 19.8 Å². The molecule has 0 saturated heterocycles. The lowest BCUT2D eigenvalue weighted by Crippen LogP contribution is -2.39. The lowest BCUT2D eigenvalue weighted by molar-refractivity contribution is -0.139. The van der Waals surface area contributed by atoms with E-state index in [0.717, 1.165) is 13.1 Å². The lowest BCUT2D eigenvalue weighted by atomic mass is 10.3. The Hall–Kier alpha value is -0.650. The highest BCUT2D eigenvalue weighted by Gasteiger charge is 2.09. The van der Waals surface area contributed by atoms with E-state index >= 15 is 0 Å². The van der Waals surface area contributed by atoms with Crippen molar-refractivity contribution in [1.29, 1.82) is 0 Å². The Morgan fingerprint density at radius 1 is 1.47 bits per heavy atom. The Bertz CT molecular complexity index is 172. The molecule has 5 heteroatoms. The van der Waals surface area contributed by atoms with E-state index in [0.29, 0.717) is 13.1 Å². The monoisotopic (exact) mass is 218 g/mol. The zero-order valence-electron chi connectivity index (χ0n) is 9.82. The van der Waals surface area contributed by atoms with E-state index < -0.39 is 6.10 Å². The van der Waals surface area contributed by atoms with Crippen LogP contribution in [0.4, 0.5) is 0 Å². The van der Waals surface area contributed by atoms with Crippen LogP contribution in [0.15, 0.2) is 0 Å². The van der Waals surface area contributed by atoms with Crippen molar-refractivity contribution in [3.05, 3.63) is 0 Å². The van der Waals surface area contributed by atoms with Crippen molar-refractivity contribution in [2.45, 2.75) is 20.0 Å². The van der Waals surface area contributed by atoms with Gasteiger partial charge in [-0.3, -0.25) is 4.79 Å². The van der Waals surface area contributed by atoms with Crippen molar-refractivity contribution < 1.29 is 14.6 Å². The SMILES string of the molecule is CCN(CC)CC(O)CNCC(=O)OC. The van der Waals surface area contributed by atoms with E-state index in [1.807, 2.05) is 0 Å². The van der Waals surface area contributed by atoms with Gasteiger partial charge >= 0.3 is 5.97 Å². The minimum Gasteiger partial charge on any atom is -0.468 e. The van der Waals surface area contributed by atoms with Gasteiger partial charge in [0.15, 0.2) is 0 Å². The number of aliphatic hydroxyl groups excluding tert-OH is 1. The van der Waals surface area contributed by atoms with E-state index in [-0.39, 0.29) is 12.5 Å². The first kappa shape index (κ1) is 14.3. The summed E-state index contributed by atoms with van der Waals surface area (Å²) in [6, 6.07) is 0. The number of carbonyl (C=O) groups excluding carboxylic acids is 1. The number of esters is 1. The molecule has 15 heavy (non-hydrogen) atoms. The van der Waals surface area contributed by atoms with Gasteiger partial charge in [0.25, 0.3) is 0 Å². The third-order valence-corrected chi connectivity index (χ3v) is 2.24. The van der Waals surface area contributed by atoms with Gasteiger partial charge in [0.1, 0.15) is 0 Å². The van der Waals surface area contributed by atoms with Crippen LogP contribution in [-0.2, 0) is 9.53 Å². The topological polar surface area (TPSA) is 61.8 Å². The number of rotatable bonds is 8. The summed E-state index contributed by atoms with van der Waals surface area (Å²) < 4.78 is 4.46. The van der Waals surface area contributed by atoms with Crippen molar-refractivity contribution in [2.75, 3.05) is 39.8 Å². The van der Waals surface area contributed by atoms with Crippen LogP contribution in [0, 0.1) is 0 Å². The number of carbonyl (C=O) groups is 1. The quantitative estimate of drug-likeness (QED) is 0.535. The number of nitrogens with zero attached hydrogens (tertiary/aromatic N) is 1. The number of aliphatic hydroxyl groups is 1. The number of nitrogens with one attached hydrogen (secondary N) is 1. The standard InChI is InChI=1S/C10H22N2O3/c1-4-12(5-2)8-9(13)6-11-7-10(14)15-3/h9,11,13H,4-8H2,1-3H3. The Morgan fingerprint density at radius 3 is 2.53 bits per heavy atom. The molecule has 1 unspecified atom stereocenters. The molecule has 5 nitrogen and oxygen atoms in total. The molecule has 0 heterocycles. The van der Waals surface area contributed by atoms with E-state index in [4.69, 9.17) is 0 Å². The van der Waals surface area contributed by atoms with Crippen LogP contribution in [0.25, 0.3) is 0 Å². The smallest absolute Gasteiger partial charge is 0.319 e. The summed E-state index contributed by atoms with van der Waals surface area (Å²) in [5.41, 5.74) is 0. The molecule has 0 aromatic heterocycles. The van der Waals surface area contributed by atoms with E-state index in [9.17, 15) is 9.90 Å². The predicted molar refractivity (Wildman–Crippen MR) is 58.7 cm³/mol. The fourth-order valence-corrected chi connectivity index (χ4v) is 1.26. The molecule has 0 rings (SSSR count). The van der Waals surface area contributed by atoms with Gasteiger partial charge in [-0.15, -0.1) is 0 Å². The normalized spacial score (nSPS) is 12.9. The van der Waals surface area contributed by atoms with Crippen LogP contribution in [0.1, 0.15) is 13.8 Å². The van der Waals surface area contributed by atoms with Crippen molar-refractivity contribution in [2.24, 2.45) is 0 Å². The Labute approximate surface area is 91.4 Å². The maximum Gasteiger partial charge on any atom is 0.319 e. The van der Waals surface area contributed by atoms with Crippen molar-refractivity contribution in [3.8, 4) is 0 Å². The summed E-state index contributed by atoms with van der Waals surface area (Å²) in [4.78, 5) is 12.9. The minimum atomic E-state index is -0.449. The van der Waals surface area contributed by atoms with Crippen LogP contribution in [-0.4, -0.2) is 61.9 Å². The fraction of sp³-hybridized carbons (Fsp3) is 0.900. The van der Waals surface area contributed by atoms with Gasteiger partial charge in [-0.05, 0) is 13.1 Å². The molecular weight excluding hydrogens is 196 g/mol. The molecule has 0 aromatic carbocycles. The second-order valence-electron chi connectivity index (χ2n) is 3.35. The average Bonchev–Trinajstić information content (AvgIpc) is 2.25. The molecule has 0 radical (unpaired) electrons. The fourth-order valence-electron chi connectivity index (χ4n) is 1.26. The number of likely N-dealkylation sites (N-methyl/N-ethyl adjacent to an activating group) is 1. The Kier molecular flexibility index (Phi) is 8.27. The van der Waals surface area contributed by atoms with Crippen LogP contribution < -0.4 is 5.32 Å². The molecule has 1 atom stereocenters. The summed E-state index contributed by atoms with van der Waals surface area (Å²) in [5.74, 6) is -0.315. The Morgan fingerprint density at radius 2 is 2.07 bits per heavy atom. The number of hydrogen-bond donors (Lipinski definition) is 2. The molecule has 0 amide bonds. The highest BCUT2D eigenvalue weighted by atomic mass is 16.5. The highest BCUT2D eigenvalue weighted by Crippen LogP contribution is 1.90. The van der Waals surface area contributed by atoms with E-state index in [2.05, 4.69) is 28.8 Å². The molecular formula is C10H22N2O3. The Balaban J connectivity index is 3.56. The predicted octanol–water partition coefficient (Wildman–Crippen LogP) is -0.548. The largest absolute Gasteiger partial charge is 0.468 e. The number of ether oxygens (including phenoxy) is 1. The lowest BCUT2D eigenvalue weighted by Gasteiger charge is -2.21. The second-order valence-corrected chi connectivity index (χ2v) is 3.35. The molecule has 0 aliphatic carbocycles. The van der Waals surface area contributed by atoms with Crippen LogP contribution in [0.5, 0.6) is 0 Å². The van der Waals surface area contributed by atoms with Gasteiger partial charge in [-0.2, -0.15) is 0 Å². The second kappa shape index (κ2) is 8.64. The molecule has 2 N–H and O–H groups in total. The summed E-state index contributed by atoms with van der Waals surface area (Å²) in [6.45, 7) is 7.13. The first-order valence-corrected chi connectivity index (χ1v) is 5.31. The summed E-state index contributed by atoms with van der Waals surface area (Å²) in [5, 5.41) is 12.4. The molecule has 0 aromatic rings. The molecule has 0 aliphatic rings. The molecule has 0 bridgehead atoms. The zero-order valence-corrected chi connectivity index (χ0v) is 9.82. The van der Waals surface area contributed by atoms with Crippen molar-refractivity contribution >= 4 is 5.97 Å². The van der Waals surface area contributed by atoms with Gasteiger partial charge in [0.2, 0.25) is 0 Å². The maximum atomic E-state index is 10.8.